The highest BCUT2D eigenvalue weighted by Gasteiger charge is 2.53. The van der Waals surface area contributed by atoms with Crippen molar-refractivity contribution in [2.45, 2.75) is 49.5 Å². The van der Waals surface area contributed by atoms with Gasteiger partial charge in [0, 0.05) is 25.7 Å². The molecule has 2 unspecified atom stereocenters. The van der Waals surface area contributed by atoms with Gasteiger partial charge in [-0.05, 0) is 11.1 Å². The molecule has 0 saturated carbocycles. The Kier molecular flexibility index (Phi) is 8.39. The van der Waals surface area contributed by atoms with E-state index in [4.69, 9.17) is 4.74 Å². The van der Waals surface area contributed by atoms with Crippen molar-refractivity contribution < 1.29 is 46.0 Å². The van der Waals surface area contributed by atoms with Gasteiger partial charge in [0.25, 0.3) is 0 Å². The highest BCUT2D eigenvalue weighted by Crippen LogP contribution is 2.43. The first-order valence-corrected chi connectivity index (χ1v) is 10.4. The number of piperidine rings is 1. The molecule has 0 spiro atoms. The molecular weight excluding hydrogens is 465 g/mol. The highest BCUT2D eigenvalue weighted by atomic mass is 79.9. The molecule has 4 atom stereocenters. The smallest absolute Gasteiger partial charge is 0.347 e. The molecule has 0 aromatic heterocycles. The molecule has 170 valence electrons. The maximum absolute atomic E-state index is 13.3. The van der Waals surface area contributed by atoms with Crippen LogP contribution < -0.4 is 17.0 Å². The lowest BCUT2D eigenvalue weighted by Crippen LogP contribution is -3.00. The summed E-state index contributed by atoms with van der Waals surface area (Å²) in [5.41, 5.74) is -0.864. The van der Waals surface area contributed by atoms with E-state index in [9.17, 15) is 14.3 Å². The number of ether oxygens (including phenoxy) is 1. The van der Waals surface area contributed by atoms with Crippen LogP contribution in [0.2, 0.25) is 0 Å². The summed E-state index contributed by atoms with van der Waals surface area (Å²) < 4.78 is 19.8. The van der Waals surface area contributed by atoms with Gasteiger partial charge in [0.2, 0.25) is 5.60 Å². The first kappa shape index (κ1) is 25.5. The van der Waals surface area contributed by atoms with E-state index >= 15 is 0 Å². The lowest BCUT2D eigenvalue weighted by Gasteiger charge is -2.46. The Morgan fingerprint density at radius 2 is 1.48 bits per heavy atom. The Balaban J connectivity index is 0.00000171. The number of nitrogens with zero attached hydrogens (tertiary/aromatic N) is 1. The third-order valence-electron chi connectivity index (χ3n) is 7.09. The Labute approximate surface area is 193 Å². The predicted octanol–water partition coefficient (Wildman–Crippen LogP) is -0.245. The van der Waals surface area contributed by atoms with Gasteiger partial charge in [0.05, 0.1) is 19.1 Å². The van der Waals surface area contributed by atoms with E-state index in [1.54, 1.807) is 48.5 Å². The zero-order valence-electron chi connectivity index (χ0n) is 17.7. The van der Waals surface area contributed by atoms with Crippen LogP contribution in [0.4, 0.5) is 4.39 Å². The lowest BCUT2D eigenvalue weighted by molar-refractivity contribution is -0.949. The third-order valence-corrected chi connectivity index (χ3v) is 7.09. The Morgan fingerprint density at radius 1 is 1.03 bits per heavy atom. The number of rotatable bonds is 6. The second-order valence-corrected chi connectivity index (χ2v) is 8.59. The molecule has 0 aliphatic carbocycles. The van der Waals surface area contributed by atoms with Crippen LogP contribution in [0.5, 0.6) is 0 Å². The average Bonchev–Trinajstić information content (AvgIpc) is 2.91. The van der Waals surface area contributed by atoms with Crippen LogP contribution in [0, 0.1) is 0 Å². The van der Waals surface area contributed by atoms with Crippen LogP contribution in [0.15, 0.2) is 60.7 Å². The number of hydrogen-bond acceptors (Lipinski definition) is 3. The molecule has 2 aliphatic heterocycles. The lowest BCUT2D eigenvalue weighted by atomic mass is 9.86. The normalized spacial score (nSPS) is 27.0. The van der Waals surface area contributed by atoms with Crippen LogP contribution in [0.25, 0.3) is 0 Å². The van der Waals surface area contributed by atoms with Gasteiger partial charge in [0.1, 0.15) is 19.3 Å². The standard InChI is InChI=1S/C24H29FNO3.BrH.H2O/c1-26(15-14-25)20-12-13-21(26)17-22(16-20)29-23(27)24(28,18-8-4-2-5-9-18)19-10-6-3-7-11-19;;/h2-11,20-22,28H,12-17H2,1H3;1H;1H2/q+1;;/p-1/t20-,21+,22?,26?;;. The van der Waals surface area contributed by atoms with Crippen molar-refractivity contribution in [1.82, 2.24) is 0 Å². The fraction of sp³-hybridized carbons (Fsp3) is 0.458. The molecule has 2 bridgehead atoms. The van der Waals surface area contributed by atoms with E-state index in [1.165, 1.54) is 0 Å². The molecule has 7 heteroatoms. The van der Waals surface area contributed by atoms with Gasteiger partial charge < -0.3 is 36.8 Å². The molecule has 0 amide bonds. The van der Waals surface area contributed by atoms with Crippen LogP contribution in [0.1, 0.15) is 36.8 Å². The molecule has 3 N–H and O–H groups in total. The number of esters is 1. The fourth-order valence-electron chi connectivity index (χ4n) is 5.33. The Hall–Kier alpha value is -1.80. The zero-order chi connectivity index (χ0) is 20.5. The average molecular weight is 496 g/mol. The maximum Gasteiger partial charge on any atom is 0.347 e. The van der Waals surface area contributed by atoms with Gasteiger partial charge in [-0.15, -0.1) is 0 Å². The highest BCUT2D eigenvalue weighted by molar-refractivity contribution is 5.85. The Morgan fingerprint density at radius 3 is 1.90 bits per heavy atom. The van der Waals surface area contributed by atoms with Crippen LogP contribution in [0.3, 0.4) is 0 Å². The minimum absolute atomic E-state index is 0. The SMILES string of the molecule is C[N+]1(CCF)[C@@H]2CC[C@H]1CC(OC(=O)C(O)(c1ccccc1)c1ccccc1)C2.O.[Br-]. The van der Waals surface area contributed by atoms with Crippen molar-refractivity contribution in [3.05, 3.63) is 71.8 Å². The zero-order valence-corrected chi connectivity index (χ0v) is 19.3. The van der Waals surface area contributed by atoms with Gasteiger partial charge in [-0.25, -0.2) is 9.18 Å². The van der Waals surface area contributed by atoms with E-state index in [-0.39, 0.29) is 35.2 Å². The van der Waals surface area contributed by atoms with Crippen molar-refractivity contribution in [2.24, 2.45) is 0 Å². The number of fused-ring (bicyclic) bond motifs is 2. The van der Waals surface area contributed by atoms with Crippen molar-refractivity contribution >= 4 is 5.97 Å². The molecule has 2 aromatic carbocycles. The summed E-state index contributed by atoms with van der Waals surface area (Å²) in [6.45, 7) is 0.198. The second kappa shape index (κ2) is 10.2. The fourth-order valence-corrected chi connectivity index (χ4v) is 5.33. The minimum Gasteiger partial charge on any atom is -1.00 e. The van der Waals surface area contributed by atoms with Crippen molar-refractivity contribution in [1.29, 1.82) is 0 Å². The van der Waals surface area contributed by atoms with E-state index in [1.807, 2.05) is 12.1 Å². The second-order valence-electron chi connectivity index (χ2n) is 8.59. The van der Waals surface area contributed by atoms with E-state index in [0.29, 0.717) is 29.8 Å². The quantitative estimate of drug-likeness (QED) is 0.443. The van der Waals surface area contributed by atoms with Crippen LogP contribution >= 0.6 is 0 Å². The van der Waals surface area contributed by atoms with E-state index in [2.05, 4.69) is 7.05 Å². The number of carbonyl (C=O) groups excluding carboxylic acids is 1. The monoisotopic (exact) mass is 495 g/mol. The molecule has 2 fully saturated rings. The van der Waals surface area contributed by atoms with Gasteiger partial charge in [0.15, 0.2) is 0 Å². The van der Waals surface area contributed by atoms with Gasteiger partial charge in [-0.1, -0.05) is 60.7 Å². The number of halogens is 2. The summed E-state index contributed by atoms with van der Waals surface area (Å²) in [4.78, 5) is 13.3. The third kappa shape index (κ3) is 4.55. The van der Waals surface area contributed by atoms with Crippen molar-refractivity contribution in [3.63, 3.8) is 0 Å². The summed E-state index contributed by atoms with van der Waals surface area (Å²) >= 11 is 0. The molecule has 2 aliphatic rings. The molecule has 2 aromatic rings. The molecule has 0 radical (unpaired) electrons. The molecular formula is C24H31BrFNO4. The molecule has 5 nitrogen and oxygen atoms in total. The van der Waals surface area contributed by atoms with Gasteiger partial charge in [-0.2, -0.15) is 0 Å². The molecule has 2 saturated heterocycles. The Bertz CT molecular complexity index is 798. The van der Waals surface area contributed by atoms with E-state index < -0.39 is 11.6 Å². The number of hydrogen-bond donors (Lipinski definition) is 1. The first-order valence-electron chi connectivity index (χ1n) is 10.4. The summed E-state index contributed by atoms with van der Waals surface area (Å²) in [5.74, 6) is -0.638. The number of alkyl halides is 1. The maximum atomic E-state index is 13.3. The summed E-state index contributed by atoms with van der Waals surface area (Å²) in [7, 11) is 2.13. The van der Waals surface area contributed by atoms with Crippen molar-refractivity contribution in [3.8, 4) is 0 Å². The predicted molar refractivity (Wildman–Crippen MR) is 112 cm³/mol. The first-order chi connectivity index (χ1) is 14.0. The number of benzene rings is 2. The van der Waals surface area contributed by atoms with Gasteiger partial charge >= 0.3 is 5.97 Å². The van der Waals surface area contributed by atoms with Crippen LogP contribution in [-0.2, 0) is 15.1 Å². The molecule has 31 heavy (non-hydrogen) atoms. The number of aliphatic hydroxyl groups is 1. The topological polar surface area (TPSA) is 78.0 Å². The van der Waals surface area contributed by atoms with Crippen LogP contribution in [-0.4, -0.2) is 59.5 Å². The number of quaternary nitrogens is 1. The summed E-state index contributed by atoms with van der Waals surface area (Å²) in [6, 6.07) is 18.5. The summed E-state index contributed by atoms with van der Waals surface area (Å²) in [6.07, 6.45) is 3.27. The molecule has 2 heterocycles. The van der Waals surface area contributed by atoms with E-state index in [0.717, 1.165) is 30.2 Å². The largest absolute Gasteiger partial charge is 1.00 e. The van der Waals surface area contributed by atoms with Gasteiger partial charge in [-0.3, -0.25) is 0 Å². The van der Waals surface area contributed by atoms with Crippen molar-refractivity contribution in [2.75, 3.05) is 20.3 Å². The summed E-state index contributed by atoms with van der Waals surface area (Å²) in [5, 5.41) is 11.6. The minimum atomic E-state index is -1.85. The number of carbonyl (C=O) groups is 1. The molecule has 4 rings (SSSR count).